The number of hydrogen-bond acceptors (Lipinski definition) is 4. The van der Waals surface area contributed by atoms with Crippen LogP contribution in [0.5, 0.6) is 0 Å². The van der Waals surface area contributed by atoms with Crippen LogP contribution in [0.15, 0.2) is 0 Å². The van der Waals surface area contributed by atoms with Gasteiger partial charge < -0.3 is 15.5 Å². The molecule has 0 atom stereocenters. The first-order valence-corrected chi connectivity index (χ1v) is 6.27. The first-order valence-electron chi connectivity index (χ1n) is 6.27. The van der Waals surface area contributed by atoms with Crippen LogP contribution in [0.4, 0.5) is 0 Å². The molecule has 1 spiro atoms. The van der Waals surface area contributed by atoms with Crippen molar-refractivity contribution in [3.63, 3.8) is 0 Å². The monoisotopic (exact) mass is 250 g/mol. The zero-order valence-corrected chi connectivity index (χ0v) is 10.4. The van der Waals surface area contributed by atoms with Gasteiger partial charge in [0.1, 0.15) is 6.54 Å². The molecule has 0 aliphatic carbocycles. The molecule has 98 valence electrons. The molecule has 0 aromatic heterocycles. The van der Waals surface area contributed by atoms with E-state index in [4.69, 9.17) is 5.26 Å². The molecule has 2 fully saturated rings. The summed E-state index contributed by atoms with van der Waals surface area (Å²) in [5.74, 6) is -0.195. The van der Waals surface area contributed by atoms with Crippen molar-refractivity contribution in [3.05, 3.63) is 0 Å². The van der Waals surface area contributed by atoms with Crippen LogP contribution in [0, 0.1) is 16.7 Å². The Morgan fingerprint density at radius 3 is 2.89 bits per heavy atom. The van der Waals surface area contributed by atoms with E-state index in [2.05, 4.69) is 10.6 Å². The third kappa shape index (κ3) is 2.79. The van der Waals surface area contributed by atoms with Crippen LogP contribution < -0.4 is 10.6 Å². The molecule has 0 bridgehead atoms. The Labute approximate surface area is 106 Å². The van der Waals surface area contributed by atoms with Gasteiger partial charge in [0.2, 0.25) is 11.8 Å². The number of nitrogens with zero attached hydrogens (tertiary/aromatic N) is 2. The molecule has 0 radical (unpaired) electrons. The molecule has 0 aromatic rings. The van der Waals surface area contributed by atoms with E-state index in [1.807, 2.05) is 6.07 Å². The van der Waals surface area contributed by atoms with Gasteiger partial charge in [-0.15, -0.1) is 0 Å². The van der Waals surface area contributed by atoms with E-state index < -0.39 is 0 Å². The molecular formula is C12H18N4O2. The van der Waals surface area contributed by atoms with Crippen LogP contribution in [-0.2, 0) is 9.59 Å². The first-order chi connectivity index (χ1) is 8.65. The van der Waals surface area contributed by atoms with Crippen LogP contribution in [-0.4, -0.2) is 49.4 Å². The van der Waals surface area contributed by atoms with Crippen LogP contribution in [0.1, 0.15) is 19.3 Å². The second-order valence-corrected chi connectivity index (χ2v) is 5.11. The molecule has 2 saturated heterocycles. The minimum Gasteiger partial charge on any atom is -0.341 e. The lowest BCUT2D eigenvalue weighted by Gasteiger charge is -2.32. The van der Waals surface area contributed by atoms with Crippen LogP contribution in [0.2, 0.25) is 0 Å². The van der Waals surface area contributed by atoms with Gasteiger partial charge >= 0.3 is 0 Å². The Kier molecular flexibility index (Phi) is 3.82. The number of likely N-dealkylation sites (tertiary alicyclic amines) is 1. The average Bonchev–Trinajstić information content (AvgIpc) is 2.64. The first kappa shape index (κ1) is 12.8. The summed E-state index contributed by atoms with van der Waals surface area (Å²) in [6.45, 7) is 2.64. The quantitative estimate of drug-likeness (QED) is 0.644. The van der Waals surface area contributed by atoms with Gasteiger partial charge in [0.05, 0.1) is 12.6 Å². The van der Waals surface area contributed by atoms with Gasteiger partial charge in [-0.25, -0.2) is 0 Å². The number of piperidine rings is 1. The highest BCUT2D eigenvalue weighted by molar-refractivity contribution is 5.86. The highest BCUT2D eigenvalue weighted by Gasteiger charge is 2.43. The molecule has 18 heavy (non-hydrogen) atoms. The average molecular weight is 250 g/mol. The summed E-state index contributed by atoms with van der Waals surface area (Å²) in [4.78, 5) is 25.0. The number of amides is 2. The van der Waals surface area contributed by atoms with Crippen molar-refractivity contribution in [3.8, 4) is 6.07 Å². The van der Waals surface area contributed by atoms with Crippen LogP contribution in [0.25, 0.3) is 0 Å². The van der Waals surface area contributed by atoms with Crippen molar-refractivity contribution in [2.24, 2.45) is 5.41 Å². The number of nitrogens with one attached hydrogen (secondary N) is 2. The lowest BCUT2D eigenvalue weighted by molar-refractivity contribution is -0.133. The SMILES string of the molecule is N#CCNC(=O)CN1CC2(CCNCC2)CC1=O. The van der Waals surface area contributed by atoms with Gasteiger partial charge in [0, 0.05) is 13.0 Å². The fourth-order valence-corrected chi connectivity index (χ4v) is 2.78. The van der Waals surface area contributed by atoms with E-state index in [0.717, 1.165) is 25.9 Å². The molecule has 2 rings (SSSR count). The third-order valence-corrected chi connectivity index (χ3v) is 3.77. The number of nitriles is 1. The lowest BCUT2D eigenvalue weighted by atomic mass is 9.78. The predicted molar refractivity (Wildman–Crippen MR) is 64.4 cm³/mol. The third-order valence-electron chi connectivity index (χ3n) is 3.77. The molecular weight excluding hydrogens is 232 g/mol. The Morgan fingerprint density at radius 1 is 1.50 bits per heavy atom. The number of hydrogen-bond donors (Lipinski definition) is 2. The smallest absolute Gasteiger partial charge is 0.240 e. The summed E-state index contributed by atoms with van der Waals surface area (Å²) >= 11 is 0. The Morgan fingerprint density at radius 2 is 2.22 bits per heavy atom. The molecule has 2 aliphatic rings. The molecule has 2 heterocycles. The van der Waals surface area contributed by atoms with E-state index in [1.54, 1.807) is 4.90 Å². The highest BCUT2D eigenvalue weighted by atomic mass is 16.2. The summed E-state index contributed by atoms with van der Waals surface area (Å²) in [6, 6.07) is 1.85. The molecule has 2 N–H and O–H groups in total. The van der Waals surface area contributed by atoms with E-state index in [1.165, 1.54) is 0 Å². The molecule has 6 heteroatoms. The van der Waals surface area contributed by atoms with Crippen molar-refractivity contribution in [1.82, 2.24) is 15.5 Å². The minimum atomic E-state index is -0.254. The summed E-state index contributed by atoms with van der Waals surface area (Å²) in [5.41, 5.74) is 0.0673. The zero-order valence-electron chi connectivity index (χ0n) is 10.4. The largest absolute Gasteiger partial charge is 0.341 e. The summed E-state index contributed by atoms with van der Waals surface area (Å²) in [6.07, 6.45) is 2.55. The Balaban J connectivity index is 1.89. The summed E-state index contributed by atoms with van der Waals surface area (Å²) in [5, 5.41) is 14.1. The van der Waals surface area contributed by atoms with Crippen molar-refractivity contribution in [1.29, 1.82) is 5.26 Å². The number of rotatable bonds is 3. The fraction of sp³-hybridized carbons (Fsp3) is 0.750. The van der Waals surface area contributed by atoms with Gasteiger partial charge in [-0.2, -0.15) is 5.26 Å². The lowest BCUT2D eigenvalue weighted by Crippen LogP contribution is -2.41. The van der Waals surface area contributed by atoms with Crippen molar-refractivity contribution in [2.45, 2.75) is 19.3 Å². The standard InChI is InChI=1S/C12H18N4O2/c13-3-6-15-10(17)8-16-9-12(7-11(16)18)1-4-14-5-2-12/h14H,1-2,4-9H2,(H,15,17). The van der Waals surface area contributed by atoms with E-state index in [9.17, 15) is 9.59 Å². The second kappa shape index (κ2) is 5.36. The Hall–Kier alpha value is -1.61. The minimum absolute atomic E-state index is 0.00404. The van der Waals surface area contributed by atoms with E-state index in [-0.39, 0.29) is 30.3 Å². The maximum Gasteiger partial charge on any atom is 0.240 e. The van der Waals surface area contributed by atoms with Crippen molar-refractivity contribution in [2.75, 3.05) is 32.7 Å². The van der Waals surface area contributed by atoms with Gasteiger partial charge in [0.25, 0.3) is 0 Å². The molecule has 0 saturated carbocycles. The molecule has 0 aromatic carbocycles. The molecule has 0 unspecified atom stereocenters. The molecule has 6 nitrogen and oxygen atoms in total. The van der Waals surface area contributed by atoms with Gasteiger partial charge in [-0.3, -0.25) is 9.59 Å². The van der Waals surface area contributed by atoms with Gasteiger partial charge in [-0.1, -0.05) is 0 Å². The van der Waals surface area contributed by atoms with E-state index in [0.29, 0.717) is 13.0 Å². The maximum absolute atomic E-state index is 11.9. The van der Waals surface area contributed by atoms with Crippen LogP contribution in [0.3, 0.4) is 0 Å². The van der Waals surface area contributed by atoms with Crippen molar-refractivity contribution >= 4 is 11.8 Å². The van der Waals surface area contributed by atoms with E-state index >= 15 is 0 Å². The fourth-order valence-electron chi connectivity index (χ4n) is 2.78. The number of carbonyl (C=O) groups excluding carboxylic acids is 2. The Bertz CT molecular complexity index is 382. The van der Waals surface area contributed by atoms with Crippen LogP contribution >= 0.6 is 0 Å². The highest BCUT2D eigenvalue weighted by Crippen LogP contribution is 2.38. The topological polar surface area (TPSA) is 85.2 Å². The summed E-state index contributed by atoms with van der Waals surface area (Å²) < 4.78 is 0. The normalized spacial score (nSPS) is 21.9. The second-order valence-electron chi connectivity index (χ2n) is 5.11. The molecule has 2 amide bonds. The molecule has 2 aliphatic heterocycles. The zero-order chi connectivity index (χ0) is 13.0. The number of carbonyl (C=O) groups is 2. The van der Waals surface area contributed by atoms with Gasteiger partial charge in [0.15, 0.2) is 0 Å². The summed E-state index contributed by atoms with van der Waals surface area (Å²) in [7, 11) is 0. The van der Waals surface area contributed by atoms with Crippen molar-refractivity contribution < 1.29 is 9.59 Å². The van der Waals surface area contributed by atoms with Gasteiger partial charge in [-0.05, 0) is 31.3 Å². The maximum atomic E-state index is 11.9. The predicted octanol–water partition coefficient (Wildman–Crippen LogP) is -0.772.